The normalized spacial score (nSPS) is 38.3. The van der Waals surface area contributed by atoms with Gasteiger partial charge in [-0.3, -0.25) is 19.2 Å². The second kappa shape index (κ2) is 11.0. The highest BCUT2D eigenvalue weighted by molar-refractivity contribution is 5.96. The monoisotopic (exact) mass is 627 g/mol. The molecule has 244 valence electrons. The summed E-state index contributed by atoms with van der Waals surface area (Å²) < 4.78 is 24.0. The molecular weight excluding hydrogens is 586 g/mol. The van der Waals surface area contributed by atoms with Gasteiger partial charge in [0.25, 0.3) is 0 Å². The van der Waals surface area contributed by atoms with E-state index in [0.29, 0.717) is 5.57 Å². The minimum atomic E-state index is -2.12. The van der Waals surface area contributed by atoms with Gasteiger partial charge in [-0.05, 0) is 43.5 Å². The Morgan fingerprint density at radius 2 is 1.64 bits per heavy atom. The van der Waals surface area contributed by atoms with Crippen molar-refractivity contribution in [3.8, 4) is 0 Å². The number of amides is 1. The van der Waals surface area contributed by atoms with Crippen LogP contribution < -0.4 is 5.32 Å². The van der Waals surface area contributed by atoms with Crippen LogP contribution in [-0.2, 0) is 38.1 Å². The molecule has 9 atom stereocenters. The first kappa shape index (κ1) is 32.8. The third-order valence-electron chi connectivity index (χ3n) is 10.6. The second-order valence-electron chi connectivity index (χ2n) is 13.5. The SMILES string of the molecule is CC(=O)N[C@H]1C[C@H]2OC[C@@]2(OC(C)=O)C2[C@H](OC(=O)c3ccccc3)[C@]3(O)C[C@H](O)C(C)=C([C@@H](OC(C)=O)C(=O)[C@@]21C)C3(C)C. The number of hydrogen-bond acceptors (Lipinski definition) is 11. The Morgan fingerprint density at radius 3 is 2.18 bits per heavy atom. The number of rotatable bonds is 5. The molecule has 2 saturated carbocycles. The smallest absolute Gasteiger partial charge is 0.338 e. The molecule has 3 N–H and O–H groups in total. The number of nitrogens with one attached hydrogen (secondary N) is 1. The Bertz CT molecular complexity index is 1470. The molecule has 1 aromatic carbocycles. The van der Waals surface area contributed by atoms with Crippen LogP contribution in [0.4, 0.5) is 0 Å². The number of carbonyl (C=O) groups is 5. The van der Waals surface area contributed by atoms with Crippen LogP contribution in [-0.4, -0.2) is 88.1 Å². The van der Waals surface area contributed by atoms with Gasteiger partial charge in [-0.1, -0.05) is 32.0 Å². The first-order valence-corrected chi connectivity index (χ1v) is 15.1. The quantitative estimate of drug-likeness (QED) is 0.247. The van der Waals surface area contributed by atoms with Crippen molar-refractivity contribution in [1.82, 2.24) is 5.32 Å². The molecule has 5 rings (SSSR count). The molecule has 1 amide bonds. The van der Waals surface area contributed by atoms with Crippen LogP contribution >= 0.6 is 0 Å². The third kappa shape index (κ3) is 4.80. The van der Waals surface area contributed by atoms with Gasteiger partial charge in [0.2, 0.25) is 5.91 Å². The summed E-state index contributed by atoms with van der Waals surface area (Å²) >= 11 is 0. The summed E-state index contributed by atoms with van der Waals surface area (Å²) in [5, 5.41) is 27.3. The van der Waals surface area contributed by atoms with E-state index in [-0.39, 0.29) is 30.6 Å². The fourth-order valence-electron chi connectivity index (χ4n) is 8.39. The van der Waals surface area contributed by atoms with Crippen molar-refractivity contribution < 1.29 is 53.1 Å². The first-order chi connectivity index (χ1) is 20.9. The van der Waals surface area contributed by atoms with Crippen molar-refractivity contribution in [3.63, 3.8) is 0 Å². The average Bonchev–Trinajstić information content (AvgIpc) is 2.94. The van der Waals surface area contributed by atoms with Crippen molar-refractivity contribution >= 4 is 29.6 Å². The maximum atomic E-state index is 15.2. The van der Waals surface area contributed by atoms with Gasteiger partial charge < -0.3 is 34.5 Å². The molecular formula is C33H41NO11. The molecule has 3 fully saturated rings. The summed E-state index contributed by atoms with van der Waals surface area (Å²) in [4.78, 5) is 66.9. The minimum absolute atomic E-state index is 0.0280. The number of aliphatic hydroxyl groups is 2. The fourth-order valence-corrected chi connectivity index (χ4v) is 8.39. The van der Waals surface area contributed by atoms with E-state index >= 15 is 4.79 Å². The van der Waals surface area contributed by atoms with Crippen molar-refractivity contribution in [2.24, 2.45) is 16.7 Å². The Kier molecular flexibility index (Phi) is 8.03. The predicted octanol–water partition coefficient (Wildman–Crippen LogP) is 1.80. The molecule has 45 heavy (non-hydrogen) atoms. The Balaban J connectivity index is 1.87. The van der Waals surface area contributed by atoms with Gasteiger partial charge in [0.1, 0.15) is 17.8 Å². The van der Waals surface area contributed by atoms with E-state index in [9.17, 15) is 29.4 Å². The lowest BCUT2D eigenvalue weighted by atomic mass is 9.44. The summed E-state index contributed by atoms with van der Waals surface area (Å²) in [5.74, 6) is -4.79. The van der Waals surface area contributed by atoms with Crippen LogP contribution in [0.5, 0.6) is 0 Å². The zero-order chi connectivity index (χ0) is 33.3. The number of esters is 3. The van der Waals surface area contributed by atoms with Gasteiger partial charge in [0, 0.05) is 38.6 Å². The standard InChI is InChI=1S/C33H41NO11/c1-16-21(38)14-33(41)28(44-29(40)20-11-9-8-10-12-20)26-31(7,27(39)25(43-18(3)36)24(16)30(33,5)6)22(34-17(2)35)13-23-32(26,15-42-23)45-19(4)37/h8-12,21-23,25-26,28,38,41H,13-15H2,1-7H3,(H,34,35)/t21-,22-,23+,25+,26?,28-,31+,32-,33+/m0/s1. The highest BCUT2D eigenvalue weighted by Gasteiger charge is 2.78. The third-order valence-corrected chi connectivity index (χ3v) is 10.6. The van der Waals surface area contributed by atoms with Crippen LogP contribution in [0.25, 0.3) is 0 Å². The van der Waals surface area contributed by atoms with E-state index in [1.807, 2.05) is 0 Å². The lowest BCUT2D eigenvalue weighted by molar-refractivity contribution is -0.336. The van der Waals surface area contributed by atoms with Crippen LogP contribution in [0.15, 0.2) is 41.5 Å². The number of carbonyl (C=O) groups excluding carboxylic acids is 5. The zero-order valence-corrected chi connectivity index (χ0v) is 26.5. The van der Waals surface area contributed by atoms with E-state index < -0.39 is 88.0 Å². The van der Waals surface area contributed by atoms with E-state index in [0.717, 1.165) is 6.92 Å². The number of benzene rings is 1. The van der Waals surface area contributed by atoms with E-state index in [1.165, 1.54) is 26.0 Å². The summed E-state index contributed by atoms with van der Waals surface area (Å²) in [7, 11) is 0. The zero-order valence-electron chi connectivity index (χ0n) is 26.5. The maximum absolute atomic E-state index is 15.2. The van der Waals surface area contributed by atoms with E-state index in [1.54, 1.807) is 45.9 Å². The summed E-state index contributed by atoms with van der Waals surface area (Å²) in [6, 6.07) is 7.08. The van der Waals surface area contributed by atoms with Crippen molar-refractivity contribution in [2.45, 2.75) is 103 Å². The molecule has 12 heteroatoms. The molecule has 0 spiro atoms. The minimum Gasteiger partial charge on any atom is -0.455 e. The van der Waals surface area contributed by atoms with Gasteiger partial charge >= 0.3 is 17.9 Å². The number of Topliss-reactive ketones (excluding diaryl/α,β-unsaturated/α-hetero) is 1. The van der Waals surface area contributed by atoms with Gasteiger partial charge in [0.05, 0.1) is 29.6 Å². The number of fused-ring (bicyclic) bond motifs is 5. The van der Waals surface area contributed by atoms with Gasteiger partial charge in [-0.25, -0.2) is 4.79 Å². The van der Waals surface area contributed by atoms with E-state index in [4.69, 9.17) is 18.9 Å². The second-order valence-corrected chi connectivity index (χ2v) is 13.5. The van der Waals surface area contributed by atoms with E-state index in [2.05, 4.69) is 5.32 Å². The predicted molar refractivity (Wildman–Crippen MR) is 156 cm³/mol. The molecule has 0 aromatic heterocycles. The van der Waals surface area contributed by atoms with Crippen LogP contribution in [0, 0.1) is 16.7 Å². The maximum Gasteiger partial charge on any atom is 0.338 e. The Morgan fingerprint density at radius 1 is 1.00 bits per heavy atom. The van der Waals surface area contributed by atoms with Crippen molar-refractivity contribution in [1.29, 1.82) is 0 Å². The molecule has 4 aliphatic rings. The number of ether oxygens (including phenoxy) is 4. The molecule has 1 saturated heterocycles. The Labute approximate surface area is 261 Å². The molecule has 1 heterocycles. The van der Waals surface area contributed by atoms with Gasteiger partial charge in [-0.15, -0.1) is 0 Å². The summed E-state index contributed by atoms with van der Waals surface area (Å²) in [6.45, 7) is 9.84. The highest BCUT2D eigenvalue weighted by Crippen LogP contribution is 2.64. The molecule has 0 radical (unpaired) electrons. The van der Waals surface area contributed by atoms with Crippen LogP contribution in [0.1, 0.15) is 71.7 Å². The van der Waals surface area contributed by atoms with Crippen molar-refractivity contribution in [3.05, 3.63) is 47.0 Å². The highest BCUT2D eigenvalue weighted by atomic mass is 16.6. The molecule has 12 nitrogen and oxygen atoms in total. The number of hydrogen-bond donors (Lipinski definition) is 3. The van der Waals surface area contributed by atoms with Crippen LogP contribution in [0.2, 0.25) is 0 Å². The molecule has 1 aromatic rings. The van der Waals surface area contributed by atoms with Crippen molar-refractivity contribution in [2.75, 3.05) is 6.61 Å². The molecule has 2 bridgehead atoms. The topological polar surface area (TPSA) is 175 Å². The lowest BCUT2D eigenvalue weighted by Crippen LogP contribution is -2.83. The molecule has 3 aliphatic carbocycles. The number of ketones is 1. The van der Waals surface area contributed by atoms with Gasteiger partial charge in [-0.2, -0.15) is 0 Å². The summed E-state index contributed by atoms with van der Waals surface area (Å²) in [6.07, 6.45) is -5.68. The first-order valence-electron chi connectivity index (χ1n) is 15.1. The largest absolute Gasteiger partial charge is 0.455 e. The lowest BCUT2D eigenvalue weighted by Gasteiger charge is -2.68. The summed E-state index contributed by atoms with van der Waals surface area (Å²) in [5.41, 5.74) is -6.30. The fraction of sp³-hybridized carbons (Fsp3) is 0.606. The van der Waals surface area contributed by atoms with Crippen LogP contribution in [0.3, 0.4) is 0 Å². The Hall–Kier alpha value is -3.61. The van der Waals surface area contributed by atoms with Gasteiger partial charge in [0.15, 0.2) is 17.5 Å². The molecule has 1 unspecified atom stereocenters. The average molecular weight is 628 g/mol. The number of aliphatic hydroxyl groups excluding tert-OH is 1. The molecule has 1 aliphatic heterocycles.